The van der Waals surface area contributed by atoms with Gasteiger partial charge in [0.1, 0.15) is 11.5 Å². The molecule has 2 aliphatic heterocycles. The summed E-state index contributed by atoms with van der Waals surface area (Å²) in [7, 11) is 0. The first-order chi connectivity index (χ1) is 8.17. The quantitative estimate of drug-likeness (QED) is 0.913. The zero-order valence-electron chi connectivity index (χ0n) is 9.10. The van der Waals surface area contributed by atoms with Crippen molar-refractivity contribution in [3.8, 4) is 6.07 Å². The van der Waals surface area contributed by atoms with Crippen LogP contribution in [0, 0.1) is 16.7 Å². The maximum absolute atomic E-state index is 10.5. The third-order valence-electron chi connectivity index (χ3n) is 3.88. The average molecular weight is 314 g/mol. The van der Waals surface area contributed by atoms with E-state index in [4.69, 9.17) is 4.74 Å². The highest BCUT2D eigenvalue weighted by molar-refractivity contribution is 9.10. The molecule has 0 amide bonds. The molecule has 0 spiro atoms. The van der Waals surface area contributed by atoms with E-state index in [0.29, 0.717) is 6.42 Å². The minimum Gasteiger partial charge on any atom is -0.387 e. The molecule has 1 aromatic rings. The fourth-order valence-electron chi connectivity index (χ4n) is 2.97. The number of hydrogen-bond acceptors (Lipinski definition) is 4. The summed E-state index contributed by atoms with van der Waals surface area (Å²) in [6.07, 6.45) is 1.84. The molecule has 3 nitrogen and oxygen atoms in total. The Labute approximate surface area is 112 Å². The molecule has 0 saturated carbocycles. The highest BCUT2D eigenvalue weighted by atomic mass is 79.9. The lowest BCUT2D eigenvalue weighted by Crippen LogP contribution is -2.37. The van der Waals surface area contributed by atoms with E-state index >= 15 is 0 Å². The van der Waals surface area contributed by atoms with Crippen LogP contribution in [-0.4, -0.2) is 17.3 Å². The first-order valence-electron chi connectivity index (χ1n) is 5.64. The van der Waals surface area contributed by atoms with Crippen LogP contribution >= 0.6 is 27.3 Å². The number of halogens is 1. The zero-order valence-corrected chi connectivity index (χ0v) is 11.5. The molecular weight excluding hydrogens is 302 g/mol. The Morgan fingerprint density at radius 3 is 2.88 bits per heavy atom. The molecule has 0 aromatic carbocycles. The highest BCUT2D eigenvalue weighted by Crippen LogP contribution is 2.54. The van der Waals surface area contributed by atoms with Crippen molar-refractivity contribution in [2.24, 2.45) is 5.41 Å². The fourth-order valence-corrected chi connectivity index (χ4v) is 4.51. The minimum absolute atomic E-state index is 0.112. The predicted molar refractivity (Wildman–Crippen MR) is 67.5 cm³/mol. The van der Waals surface area contributed by atoms with Crippen molar-refractivity contribution in [3.63, 3.8) is 0 Å². The van der Waals surface area contributed by atoms with Crippen molar-refractivity contribution >= 4 is 27.3 Å². The number of fused-ring (bicyclic) bond motifs is 2. The summed E-state index contributed by atoms with van der Waals surface area (Å²) in [5.41, 5.74) is 0.0553. The van der Waals surface area contributed by atoms with Gasteiger partial charge in [-0.2, -0.15) is 16.6 Å². The molecular formula is C12H12BrNO2S. The lowest BCUT2D eigenvalue weighted by Gasteiger charge is -2.32. The van der Waals surface area contributed by atoms with Gasteiger partial charge in [-0.25, -0.2) is 0 Å². The Balaban J connectivity index is 1.97. The van der Waals surface area contributed by atoms with Gasteiger partial charge in [0.2, 0.25) is 0 Å². The Morgan fingerprint density at radius 1 is 1.59 bits per heavy atom. The zero-order chi connectivity index (χ0) is 12.0. The van der Waals surface area contributed by atoms with Crippen LogP contribution in [0.4, 0.5) is 0 Å². The van der Waals surface area contributed by atoms with E-state index in [2.05, 4.69) is 22.0 Å². The third-order valence-corrected chi connectivity index (χ3v) is 5.63. The van der Waals surface area contributed by atoms with Crippen LogP contribution in [0.5, 0.6) is 0 Å². The third kappa shape index (κ3) is 1.59. The van der Waals surface area contributed by atoms with Crippen LogP contribution in [0.25, 0.3) is 0 Å². The van der Waals surface area contributed by atoms with Gasteiger partial charge in [0.25, 0.3) is 0 Å². The topological polar surface area (TPSA) is 53.2 Å². The summed E-state index contributed by atoms with van der Waals surface area (Å²) in [5, 5.41) is 23.9. The maximum Gasteiger partial charge on any atom is 0.116 e. The van der Waals surface area contributed by atoms with Crippen molar-refractivity contribution in [3.05, 3.63) is 20.8 Å². The molecule has 2 bridgehead atoms. The number of ether oxygens (including phenoxy) is 1. The van der Waals surface area contributed by atoms with Gasteiger partial charge < -0.3 is 9.84 Å². The Morgan fingerprint density at radius 2 is 2.41 bits per heavy atom. The number of nitriles is 1. The summed E-state index contributed by atoms with van der Waals surface area (Å²) >= 11 is 4.95. The van der Waals surface area contributed by atoms with E-state index in [1.807, 2.05) is 10.8 Å². The van der Waals surface area contributed by atoms with Crippen molar-refractivity contribution in [1.82, 2.24) is 0 Å². The molecule has 0 aliphatic carbocycles. The van der Waals surface area contributed by atoms with E-state index in [1.165, 1.54) is 11.3 Å². The summed E-state index contributed by atoms with van der Waals surface area (Å²) in [6, 6.07) is 2.33. The number of rotatable bonds is 2. The number of aliphatic hydroxyl groups is 1. The van der Waals surface area contributed by atoms with Gasteiger partial charge >= 0.3 is 0 Å². The molecule has 2 aliphatic rings. The second-order valence-corrected chi connectivity index (χ2v) is 6.36. The summed E-state index contributed by atoms with van der Waals surface area (Å²) < 4.78 is 6.63. The number of nitrogens with zero attached hydrogens (tertiary/aromatic N) is 1. The second kappa shape index (κ2) is 4.06. The molecule has 4 unspecified atom stereocenters. The Kier molecular flexibility index (Phi) is 2.79. The molecule has 1 aromatic heterocycles. The van der Waals surface area contributed by atoms with Crippen LogP contribution < -0.4 is 0 Å². The summed E-state index contributed by atoms with van der Waals surface area (Å²) in [4.78, 5) is 0. The van der Waals surface area contributed by atoms with Gasteiger partial charge in [-0.05, 0) is 40.6 Å². The van der Waals surface area contributed by atoms with Gasteiger partial charge in [-0.3, -0.25) is 0 Å². The molecule has 0 radical (unpaired) electrons. The van der Waals surface area contributed by atoms with E-state index in [0.717, 1.165) is 22.9 Å². The van der Waals surface area contributed by atoms with E-state index in [-0.39, 0.29) is 12.2 Å². The summed E-state index contributed by atoms with van der Waals surface area (Å²) in [6.45, 7) is 0. The first kappa shape index (κ1) is 11.7. The largest absolute Gasteiger partial charge is 0.387 e. The fraction of sp³-hybridized carbons (Fsp3) is 0.583. The predicted octanol–water partition coefficient (Wildman–Crippen LogP) is 3.01. The van der Waals surface area contributed by atoms with Crippen LogP contribution in [0.1, 0.15) is 30.9 Å². The molecule has 2 saturated heterocycles. The van der Waals surface area contributed by atoms with Gasteiger partial charge in [0.15, 0.2) is 0 Å². The smallest absolute Gasteiger partial charge is 0.116 e. The standard InChI is InChI=1S/C12H12BrNO2S/c13-9-5-17-4-8(9)11(15)12(6-14)3-7-1-2-10(12)16-7/h4-5,7,10-11,15H,1-3H2. The van der Waals surface area contributed by atoms with Crippen molar-refractivity contribution in [1.29, 1.82) is 5.26 Å². The maximum atomic E-state index is 10.5. The molecule has 1 N–H and O–H groups in total. The minimum atomic E-state index is -0.761. The summed E-state index contributed by atoms with van der Waals surface area (Å²) in [5.74, 6) is 0. The van der Waals surface area contributed by atoms with Crippen molar-refractivity contribution in [2.45, 2.75) is 37.6 Å². The van der Waals surface area contributed by atoms with Crippen LogP contribution in [-0.2, 0) is 4.74 Å². The molecule has 2 fully saturated rings. The van der Waals surface area contributed by atoms with Crippen LogP contribution in [0.3, 0.4) is 0 Å². The molecule has 90 valence electrons. The van der Waals surface area contributed by atoms with E-state index in [1.54, 1.807) is 0 Å². The van der Waals surface area contributed by atoms with E-state index < -0.39 is 11.5 Å². The SMILES string of the molecule is N#CC1(C(O)c2cscc2Br)CC2CCC1O2. The lowest BCUT2D eigenvalue weighted by atomic mass is 9.69. The van der Waals surface area contributed by atoms with Gasteiger partial charge in [0.05, 0.1) is 18.3 Å². The van der Waals surface area contributed by atoms with Crippen molar-refractivity contribution in [2.75, 3.05) is 0 Å². The molecule has 4 atom stereocenters. The first-order valence-corrected chi connectivity index (χ1v) is 7.37. The second-order valence-electron chi connectivity index (χ2n) is 4.76. The van der Waals surface area contributed by atoms with Gasteiger partial charge in [-0.15, -0.1) is 0 Å². The number of thiophene rings is 1. The van der Waals surface area contributed by atoms with Gasteiger partial charge in [0, 0.05) is 15.4 Å². The molecule has 17 heavy (non-hydrogen) atoms. The monoisotopic (exact) mass is 313 g/mol. The van der Waals surface area contributed by atoms with Crippen molar-refractivity contribution < 1.29 is 9.84 Å². The molecule has 5 heteroatoms. The Hall–Kier alpha value is -0.410. The molecule has 3 rings (SSSR count). The van der Waals surface area contributed by atoms with Crippen LogP contribution in [0.2, 0.25) is 0 Å². The van der Waals surface area contributed by atoms with Gasteiger partial charge in [-0.1, -0.05) is 0 Å². The molecule has 3 heterocycles. The normalized spacial score (nSPS) is 37.0. The lowest BCUT2D eigenvalue weighted by molar-refractivity contribution is 0.00329. The average Bonchev–Trinajstić information content (AvgIpc) is 3.02. The number of aliphatic hydroxyl groups excluding tert-OH is 1. The Bertz CT molecular complexity index is 483. The van der Waals surface area contributed by atoms with Crippen LogP contribution in [0.15, 0.2) is 15.2 Å². The number of hydrogen-bond donors (Lipinski definition) is 1. The van der Waals surface area contributed by atoms with E-state index in [9.17, 15) is 10.4 Å². The highest BCUT2D eigenvalue weighted by Gasteiger charge is 2.57.